The first-order valence-corrected chi connectivity index (χ1v) is 5.43. The zero-order valence-electron chi connectivity index (χ0n) is 9.58. The Hall–Kier alpha value is -2.79. The van der Waals surface area contributed by atoms with Gasteiger partial charge in [-0.15, -0.1) is 0 Å². The maximum absolute atomic E-state index is 13.6. The van der Waals surface area contributed by atoms with Gasteiger partial charge >= 0.3 is 11.6 Å². The maximum atomic E-state index is 13.6. The zero-order chi connectivity index (χ0) is 14.7. The van der Waals surface area contributed by atoms with E-state index in [1.165, 1.54) is 6.07 Å². The fourth-order valence-corrected chi connectivity index (χ4v) is 1.42. The summed E-state index contributed by atoms with van der Waals surface area (Å²) in [5, 5.41) is 19.1. The topological polar surface area (TPSA) is 102 Å². The summed E-state index contributed by atoms with van der Waals surface area (Å²) in [4.78, 5) is 17.0. The third-order valence-electron chi connectivity index (χ3n) is 2.17. The number of halogens is 2. The van der Waals surface area contributed by atoms with E-state index in [2.05, 4.69) is 9.97 Å². The molecule has 0 spiro atoms. The van der Waals surface area contributed by atoms with Crippen molar-refractivity contribution in [3.05, 3.63) is 51.2 Å². The van der Waals surface area contributed by atoms with E-state index in [0.29, 0.717) is 0 Å². The summed E-state index contributed by atoms with van der Waals surface area (Å²) in [6, 6.07) is 5.14. The molecule has 2 rings (SSSR count). The Morgan fingerprint density at radius 3 is 2.85 bits per heavy atom. The molecule has 1 aromatic heterocycles. The Kier molecular flexibility index (Phi) is 3.72. The molecular weight excluding hydrogens is 291 g/mol. The van der Waals surface area contributed by atoms with E-state index in [9.17, 15) is 14.5 Å². The lowest BCUT2D eigenvalue weighted by Crippen LogP contribution is -1.99. The summed E-state index contributed by atoms with van der Waals surface area (Å²) in [6.07, 6.45) is 0.853. The van der Waals surface area contributed by atoms with Crippen molar-refractivity contribution in [2.24, 2.45) is 0 Å². The van der Waals surface area contributed by atoms with Gasteiger partial charge in [0.15, 0.2) is 11.6 Å². The Bertz CT molecular complexity index is 732. The van der Waals surface area contributed by atoms with Crippen molar-refractivity contribution in [1.82, 2.24) is 9.97 Å². The first kappa shape index (κ1) is 13.6. The summed E-state index contributed by atoms with van der Waals surface area (Å²) < 4.78 is 18.7. The molecule has 0 aliphatic carbocycles. The lowest BCUT2D eigenvalue weighted by atomic mass is 10.2. The Labute approximate surface area is 116 Å². The van der Waals surface area contributed by atoms with Gasteiger partial charge < -0.3 is 4.74 Å². The molecule has 0 N–H and O–H groups in total. The van der Waals surface area contributed by atoms with E-state index in [4.69, 9.17) is 21.6 Å². The second kappa shape index (κ2) is 5.46. The van der Waals surface area contributed by atoms with E-state index in [0.717, 1.165) is 18.3 Å². The van der Waals surface area contributed by atoms with Crippen LogP contribution in [0, 0.1) is 27.3 Å². The molecule has 7 nitrogen and oxygen atoms in total. The van der Waals surface area contributed by atoms with Crippen LogP contribution in [0.25, 0.3) is 0 Å². The van der Waals surface area contributed by atoms with Gasteiger partial charge in [-0.2, -0.15) is 10.2 Å². The highest BCUT2D eigenvalue weighted by Gasteiger charge is 2.20. The second-order valence-electron chi connectivity index (χ2n) is 3.45. The summed E-state index contributed by atoms with van der Waals surface area (Å²) >= 11 is 5.51. The van der Waals surface area contributed by atoms with Crippen LogP contribution in [-0.4, -0.2) is 14.9 Å². The van der Waals surface area contributed by atoms with Crippen LogP contribution in [0.15, 0.2) is 24.4 Å². The number of aromatic nitrogens is 2. The maximum Gasteiger partial charge on any atom is 0.349 e. The van der Waals surface area contributed by atoms with Crippen molar-refractivity contribution in [3.8, 4) is 17.7 Å². The summed E-state index contributed by atoms with van der Waals surface area (Å²) in [6.45, 7) is 0. The highest BCUT2D eigenvalue weighted by molar-refractivity contribution is 6.28. The molecule has 0 amide bonds. The number of benzene rings is 1. The number of hydrogen-bond donors (Lipinski definition) is 0. The SMILES string of the molecule is N#Cc1ccc(Oc2nc(Cl)ncc2[N+](=O)[O-])c(F)c1. The smallest absolute Gasteiger partial charge is 0.349 e. The van der Waals surface area contributed by atoms with Crippen LogP contribution in [0.5, 0.6) is 11.6 Å². The monoisotopic (exact) mass is 294 g/mol. The predicted molar refractivity (Wildman–Crippen MR) is 64.9 cm³/mol. The van der Waals surface area contributed by atoms with Gasteiger partial charge in [-0.3, -0.25) is 10.1 Å². The first-order valence-electron chi connectivity index (χ1n) is 5.05. The van der Waals surface area contributed by atoms with Crippen LogP contribution < -0.4 is 4.74 Å². The molecule has 9 heteroatoms. The van der Waals surface area contributed by atoms with Gasteiger partial charge in [-0.1, -0.05) is 0 Å². The largest absolute Gasteiger partial charge is 0.430 e. The zero-order valence-corrected chi connectivity index (χ0v) is 10.3. The van der Waals surface area contributed by atoms with E-state index in [-0.39, 0.29) is 16.6 Å². The molecule has 0 unspecified atom stereocenters. The quantitative estimate of drug-likeness (QED) is 0.490. The molecule has 0 aliphatic heterocycles. The average Bonchev–Trinajstić information content (AvgIpc) is 2.40. The minimum Gasteiger partial charge on any atom is -0.430 e. The van der Waals surface area contributed by atoms with Crippen LogP contribution in [0.2, 0.25) is 5.28 Å². The molecule has 0 aliphatic rings. The Morgan fingerprint density at radius 2 is 2.25 bits per heavy atom. The summed E-state index contributed by atoms with van der Waals surface area (Å²) in [7, 11) is 0. The number of nitro groups is 1. The molecular formula is C11H4ClFN4O3. The fraction of sp³-hybridized carbons (Fsp3) is 0. The fourth-order valence-electron chi connectivity index (χ4n) is 1.30. The molecule has 0 bridgehead atoms. The van der Waals surface area contributed by atoms with Gasteiger partial charge in [-0.05, 0) is 29.8 Å². The van der Waals surface area contributed by atoms with Gasteiger partial charge in [0, 0.05) is 0 Å². The van der Waals surface area contributed by atoms with Crippen molar-refractivity contribution in [1.29, 1.82) is 5.26 Å². The molecule has 0 atom stereocenters. The van der Waals surface area contributed by atoms with Crippen molar-refractivity contribution >= 4 is 17.3 Å². The molecule has 20 heavy (non-hydrogen) atoms. The van der Waals surface area contributed by atoms with E-state index in [1.807, 2.05) is 0 Å². The number of nitrogens with zero attached hydrogens (tertiary/aromatic N) is 4. The normalized spacial score (nSPS) is 9.85. The number of nitriles is 1. The van der Waals surface area contributed by atoms with E-state index in [1.54, 1.807) is 6.07 Å². The minimum absolute atomic E-state index is 0.0880. The first-order chi connectivity index (χ1) is 9.51. The molecule has 0 fully saturated rings. The lowest BCUT2D eigenvalue weighted by molar-refractivity contribution is -0.386. The lowest BCUT2D eigenvalue weighted by Gasteiger charge is -2.06. The summed E-state index contributed by atoms with van der Waals surface area (Å²) in [5.41, 5.74) is -0.469. The van der Waals surface area contributed by atoms with Gasteiger partial charge in [0.1, 0.15) is 6.20 Å². The Balaban J connectivity index is 2.42. The molecule has 0 radical (unpaired) electrons. The molecule has 1 aromatic carbocycles. The van der Waals surface area contributed by atoms with E-state index >= 15 is 0 Å². The number of hydrogen-bond acceptors (Lipinski definition) is 6. The van der Waals surface area contributed by atoms with Crippen LogP contribution in [0.1, 0.15) is 5.56 Å². The molecule has 2 aromatic rings. The van der Waals surface area contributed by atoms with Crippen molar-refractivity contribution < 1.29 is 14.1 Å². The van der Waals surface area contributed by atoms with Gasteiger partial charge in [0.2, 0.25) is 5.28 Å². The third kappa shape index (κ3) is 2.78. The molecule has 0 saturated carbocycles. The molecule has 0 saturated heterocycles. The summed E-state index contributed by atoms with van der Waals surface area (Å²) in [5.74, 6) is -1.66. The second-order valence-corrected chi connectivity index (χ2v) is 3.78. The highest BCUT2D eigenvalue weighted by Crippen LogP contribution is 2.31. The van der Waals surface area contributed by atoms with Crippen LogP contribution in [0.4, 0.5) is 10.1 Å². The average molecular weight is 295 g/mol. The Morgan fingerprint density at radius 1 is 1.50 bits per heavy atom. The molecule has 1 heterocycles. The minimum atomic E-state index is -0.854. The standard InChI is InChI=1S/C11H4ClFN4O3/c12-11-15-5-8(17(18)19)10(16-11)20-9-2-1-6(4-14)3-7(9)13/h1-3,5H. The van der Waals surface area contributed by atoms with Gasteiger partial charge in [-0.25, -0.2) is 9.37 Å². The third-order valence-corrected chi connectivity index (χ3v) is 2.35. The van der Waals surface area contributed by atoms with Gasteiger partial charge in [0.05, 0.1) is 16.6 Å². The van der Waals surface area contributed by atoms with Crippen LogP contribution in [-0.2, 0) is 0 Å². The van der Waals surface area contributed by atoms with Crippen molar-refractivity contribution in [3.63, 3.8) is 0 Å². The number of ether oxygens (including phenoxy) is 1. The molecule has 100 valence electrons. The van der Waals surface area contributed by atoms with Crippen molar-refractivity contribution in [2.75, 3.05) is 0 Å². The van der Waals surface area contributed by atoms with Crippen molar-refractivity contribution in [2.45, 2.75) is 0 Å². The highest BCUT2D eigenvalue weighted by atomic mass is 35.5. The van der Waals surface area contributed by atoms with Crippen LogP contribution in [0.3, 0.4) is 0 Å². The van der Waals surface area contributed by atoms with E-state index < -0.39 is 22.3 Å². The van der Waals surface area contributed by atoms with Gasteiger partial charge in [0.25, 0.3) is 0 Å². The predicted octanol–water partition coefficient (Wildman–Crippen LogP) is 2.84. The number of rotatable bonds is 3. The van der Waals surface area contributed by atoms with Crippen LogP contribution >= 0.6 is 11.6 Å².